The van der Waals surface area contributed by atoms with E-state index in [2.05, 4.69) is 29.2 Å². The molecule has 0 aliphatic carbocycles. The Morgan fingerprint density at radius 3 is 2.46 bits per heavy atom. The highest BCUT2D eigenvalue weighted by atomic mass is 35.5. The van der Waals surface area contributed by atoms with Crippen molar-refractivity contribution in [2.45, 2.75) is 6.42 Å². The second-order valence-corrected chi connectivity index (χ2v) is 9.79. The Hall–Kier alpha value is -2.48. The number of anilines is 1. The molecule has 1 aliphatic rings. The minimum Gasteiger partial charge on any atom is -0.379 e. The number of nitrogens with zero attached hydrogens (tertiary/aromatic N) is 3. The lowest BCUT2D eigenvalue weighted by Gasteiger charge is -2.29. The van der Waals surface area contributed by atoms with Gasteiger partial charge in [-0.25, -0.2) is 4.98 Å². The van der Waals surface area contributed by atoms with Crippen molar-refractivity contribution in [2.24, 2.45) is 0 Å². The van der Waals surface area contributed by atoms with E-state index in [0.717, 1.165) is 59.3 Å². The summed E-state index contributed by atoms with van der Waals surface area (Å²) in [4.78, 5) is 22.4. The molecule has 0 radical (unpaired) electrons. The molecule has 2 heterocycles. The minimum absolute atomic E-state index is 0. The Labute approximate surface area is 220 Å². The lowest BCUT2D eigenvalue weighted by molar-refractivity contribution is -0.118. The summed E-state index contributed by atoms with van der Waals surface area (Å²) in [5, 5.41) is 1.39. The van der Waals surface area contributed by atoms with Crippen LogP contribution in [0.25, 0.3) is 21.3 Å². The highest BCUT2D eigenvalue weighted by Gasteiger charge is 2.22. The number of hydrogen-bond donors (Lipinski definition) is 0. The third-order valence-electron chi connectivity index (χ3n) is 6.03. The normalized spacial score (nSPS) is 14.0. The van der Waals surface area contributed by atoms with Gasteiger partial charge in [-0.1, -0.05) is 77.5 Å². The third-order valence-corrected chi connectivity index (χ3v) is 7.31. The van der Waals surface area contributed by atoms with Crippen molar-refractivity contribution >= 4 is 56.6 Å². The summed E-state index contributed by atoms with van der Waals surface area (Å²) >= 11 is 7.69. The van der Waals surface area contributed by atoms with E-state index in [9.17, 15) is 4.79 Å². The van der Waals surface area contributed by atoms with Gasteiger partial charge in [-0.15, -0.1) is 12.4 Å². The number of thiazole rings is 1. The Morgan fingerprint density at radius 2 is 1.71 bits per heavy atom. The molecular formula is C27H27Cl2N3O2S. The van der Waals surface area contributed by atoms with E-state index in [1.807, 2.05) is 53.4 Å². The molecule has 0 N–H and O–H groups in total. The largest absolute Gasteiger partial charge is 0.379 e. The number of hydrogen-bond acceptors (Lipinski definition) is 5. The van der Waals surface area contributed by atoms with E-state index in [0.29, 0.717) is 18.0 Å². The van der Waals surface area contributed by atoms with Crippen molar-refractivity contribution in [2.75, 3.05) is 44.3 Å². The van der Waals surface area contributed by atoms with Gasteiger partial charge < -0.3 is 4.74 Å². The Bertz CT molecular complexity index is 1260. The fourth-order valence-corrected chi connectivity index (χ4v) is 5.40. The third kappa shape index (κ3) is 6.40. The number of benzene rings is 3. The summed E-state index contributed by atoms with van der Waals surface area (Å²) in [6.07, 6.45) is 0.328. The molecule has 3 aromatic carbocycles. The summed E-state index contributed by atoms with van der Waals surface area (Å²) in [5.41, 5.74) is 4.16. The molecule has 1 fully saturated rings. The van der Waals surface area contributed by atoms with E-state index in [-0.39, 0.29) is 18.3 Å². The monoisotopic (exact) mass is 527 g/mol. The van der Waals surface area contributed by atoms with Crippen LogP contribution in [0.5, 0.6) is 0 Å². The number of amides is 1. The number of fused-ring (bicyclic) bond motifs is 1. The molecule has 0 spiro atoms. The molecule has 1 aliphatic heterocycles. The van der Waals surface area contributed by atoms with E-state index in [1.165, 1.54) is 16.9 Å². The van der Waals surface area contributed by atoms with E-state index in [1.54, 1.807) is 0 Å². The molecular weight excluding hydrogens is 501 g/mol. The van der Waals surface area contributed by atoms with E-state index >= 15 is 0 Å². The molecule has 0 unspecified atom stereocenters. The summed E-state index contributed by atoms with van der Waals surface area (Å²) in [6.45, 7) is 4.63. The number of rotatable bonds is 7. The van der Waals surface area contributed by atoms with Crippen molar-refractivity contribution in [3.05, 3.63) is 83.4 Å². The number of morpholine rings is 1. The van der Waals surface area contributed by atoms with Crippen LogP contribution in [0.2, 0.25) is 5.02 Å². The lowest BCUT2D eigenvalue weighted by atomic mass is 10.0. The molecule has 1 saturated heterocycles. The van der Waals surface area contributed by atoms with Gasteiger partial charge in [0, 0.05) is 31.2 Å². The molecule has 0 bridgehead atoms. The summed E-state index contributed by atoms with van der Waals surface area (Å²) < 4.78 is 6.45. The van der Waals surface area contributed by atoms with Gasteiger partial charge >= 0.3 is 0 Å². The molecule has 0 atom stereocenters. The maximum Gasteiger partial charge on any atom is 0.233 e. The fraction of sp³-hybridized carbons (Fsp3) is 0.259. The van der Waals surface area contributed by atoms with Gasteiger partial charge in [-0.3, -0.25) is 14.6 Å². The average Bonchev–Trinajstić information content (AvgIpc) is 3.28. The molecule has 35 heavy (non-hydrogen) atoms. The van der Waals surface area contributed by atoms with Crippen LogP contribution in [0.15, 0.2) is 72.8 Å². The zero-order valence-electron chi connectivity index (χ0n) is 19.2. The van der Waals surface area contributed by atoms with E-state index in [4.69, 9.17) is 21.3 Å². The summed E-state index contributed by atoms with van der Waals surface area (Å²) in [6, 6.07) is 24.1. The molecule has 1 aromatic heterocycles. The smallest absolute Gasteiger partial charge is 0.233 e. The van der Waals surface area contributed by atoms with Gasteiger partial charge in [0.15, 0.2) is 5.13 Å². The van der Waals surface area contributed by atoms with Gasteiger partial charge in [0.2, 0.25) is 5.91 Å². The van der Waals surface area contributed by atoms with E-state index < -0.39 is 0 Å². The molecule has 1 amide bonds. The van der Waals surface area contributed by atoms with Crippen molar-refractivity contribution in [1.29, 1.82) is 0 Å². The van der Waals surface area contributed by atoms with Crippen LogP contribution in [-0.2, 0) is 16.0 Å². The maximum absolute atomic E-state index is 13.5. The van der Waals surface area contributed by atoms with Crippen molar-refractivity contribution in [1.82, 2.24) is 9.88 Å². The standard InChI is InChI=1S/C27H26ClN3O2S.ClH/c28-23-10-11-24-25(19-23)34-27(29-24)31(13-12-30-14-16-33-17-15-30)26(32)18-20-6-8-22(9-7-20)21-4-2-1-3-5-21;/h1-11,19H,12-18H2;1H. The number of halogens is 2. The van der Waals surface area contributed by atoms with Crippen LogP contribution >= 0.6 is 35.3 Å². The van der Waals surface area contributed by atoms with Gasteiger partial charge in [0.25, 0.3) is 0 Å². The first kappa shape index (κ1) is 25.6. The van der Waals surface area contributed by atoms with Crippen LogP contribution < -0.4 is 4.90 Å². The van der Waals surface area contributed by atoms with Crippen LogP contribution in [-0.4, -0.2) is 55.2 Å². The SMILES string of the molecule is Cl.O=C(Cc1ccc(-c2ccccc2)cc1)N(CCN1CCOCC1)c1nc2ccc(Cl)cc2s1. The predicted molar refractivity (Wildman–Crippen MR) is 147 cm³/mol. The second kappa shape index (κ2) is 12.0. The number of carbonyl (C=O) groups excluding carboxylic acids is 1. The van der Waals surface area contributed by atoms with Gasteiger partial charge in [-0.05, 0) is 34.9 Å². The first-order valence-corrected chi connectivity index (χ1v) is 12.7. The highest BCUT2D eigenvalue weighted by Crippen LogP contribution is 2.31. The Kier molecular flexibility index (Phi) is 8.76. The van der Waals surface area contributed by atoms with Crippen LogP contribution in [0.1, 0.15) is 5.56 Å². The zero-order valence-corrected chi connectivity index (χ0v) is 21.6. The molecule has 0 saturated carbocycles. The predicted octanol–water partition coefficient (Wildman–Crippen LogP) is 5.95. The Morgan fingerprint density at radius 1 is 1.00 bits per heavy atom. The topological polar surface area (TPSA) is 45.7 Å². The molecule has 8 heteroatoms. The molecule has 5 nitrogen and oxygen atoms in total. The van der Waals surface area contributed by atoms with Crippen LogP contribution in [0, 0.1) is 0 Å². The summed E-state index contributed by atoms with van der Waals surface area (Å²) in [7, 11) is 0. The maximum atomic E-state index is 13.5. The highest BCUT2D eigenvalue weighted by molar-refractivity contribution is 7.22. The average molecular weight is 529 g/mol. The van der Waals surface area contributed by atoms with Crippen molar-refractivity contribution in [3.63, 3.8) is 0 Å². The number of ether oxygens (including phenoxy) is 1. The number of aromatic nitrogens is 1. The molecule has 182 valence electrons. The van der Waals surface area contributed by atoms with Gasteiger partial charge in [0.1, 0.15) is 0 Å². The minimum atomic E-state index is 0. The molecule has 4 aromatic rings. The molecule has 5 rings (SSSR count). The zero-order chi connectivity index (χ0) is 23.3. The second-order valence-electron chi connectivity index (χ2n) is 8.35. The van der Waals surface area contributed by atoms with Crippen LogP contribution in [0.4, 0.5) is 5.13 Å². The quantitative estimate of drug-likeness (QED) is 0.298. The first-order valence-electron chi connectivity index (χ1n) is 11.5. The van der Waals surface area contributed by atoms with Crippen molar-refractivity contribution < 1.29 is 9.53 Å². The summed E-state index contributed by atoms with van der Waals surface area (Å²) in [5.74, 6) is 0.0471. The van der Waals surface area contributed by atoms with Gasteiger partial charge in [0.05, 0.1) is 29.9 Å². The van der Waals surface area contributed by atoms with Gasteiger partial charge in [-0.2, -0.15) is 0 Å². The van der Waals surface area contributed by atoms with Crippen molar-refractivity contribution in [3.8, 4) is 11.1 Å². The first-order chi connectivity index (χ1) is 16.7. The lowest BCUT2D eigenvalue weighted by Crippen LogP contribution is -2.43. The Balaban J connectivity index is 0.00000289. The number of carbonyl (C=O) groups is 1. The fourth-order valence-electron chi connectivity index (χ4n) is 4.11. The van der Waals surface area contributed by atoms with Crippen LogP contribution in [0.3, 0.4) is 0 Å².